The first-order valence-corrected chi connectivity index (χ1v) is 7.35. The average molecular weight is 299 g/mol. The summed E-state index contributed by atoms with van der Waals surface area (Å²) in [5, 5.41) is 9.29. The fourth-order valence-electron chi connectivity index (χ4n) is 2.43. The summed E-state index contributed by atoms with van der Waals surface area (Å²) in [6, 6.07) is 10.5. The molecule has 1 fully saturated rings. The second kappa shape index (κ2) is 6.43. The van der Waals surface area contributed by atoms with E-state index in [-0.39, 0.29) is 11.6 Å². The van der Waals surface area contributed by atoms with Gasteiger partial charge in [0.05, 0.1) is 0 Å². The Hall–Kier alpha value is -2.63. The number of rotatable bonds is 3. The van der Waals surface area contributed by atoms with Gasteiger partial charge >= 0.3 is 0 Å². The van der Waals surface area contributed by atoms with Gasteiger partial charge in [-0.25, -0.2) is 0 Å². The summed E-state index contributed by atoms with van der Waals surface area (Å²) in [5.74, 6) is -0.0123. The van der Waals surface area contributed by atoms with E-state index in [1.165, 1.54) is 0 Å². The van der Waals surface area contributed by atoms with Crippen molar-refractivity contribution in [2.24, 2.45) is 0 Å². The summed E-state index contributed by atoms with van der Waals surface area (Å²) >= 11 is 0. The molecule has 1 aromatic heterocycles. The van der Waals surface area contributed by atoms with Crippen LogP contribution in [0.15, 0.2) is 40.9 Å². The Labute approximate surface area is 127 Å². The van der Waals surface area contributed by atoms with Gasteiger partial charge in [-0.15, -0.1) is 0 Å². The van der Waals surface area contributed by atoms with Crippen molar-refractivity contribution in [3.63, 3.8) is 0 Å². The maximum Gasteiger partial charge on any atom is 0.274 e. The van der Waals surface area contributed by atoms with Crippen LogP contribution in [0, 0.1) is 0 Å². The van der Waals surface area contributed by atoms with Gasteiger partial charge in [0.2, 0.25) is 5.91 Å². The first kappa shape index (κ1) is 14.3. The monoisotopic (exact) mass is 299 g/mol. The number of nitrogens with zero attached hydrogens (tertiary/aromatic N) is 1. The number of hydrogen-bond donors (Lipinski definition) is 2. The third-order valence-corrected chi connectivity index (χ3v) is 3.64. The van der Waals surface area contributed by atoms with Crippen molar-refractivity contribution in [2.45, 2.75) is 25.3 Å². The lowest BCUT2D eigenvalue weighted by Gasteiger charge is -2.13. The van der Waals surface area contributed by atoms with Crippen molar-refractivity contribution in [3.8, 4) is 11.3 Å². The van der Waals surface area contributed by atoms with E-state index in [1.54, 1.807) is 6.07 Å². The Morgan fingerprint density at radius 3 is 2.91 bits per heavy atom. The summed E-state index contributed by atoms with van der Waals surface area (Å²) in [7, 11) is 0. The Kier molecular flexibility index (Phi) is 4.18. The van der Waals surface area contributed by atoms with Crippen LogP contribution in [0.1, 0.15) is 29.8 Å². The van der Waals surface area contributed by atoms with Crippen LogP contribution in [0.5, 0.6) is 0 Å². The van der Waals surface area contributed by atoms with Gasteiger partial charge in [0.1, 0.15) is 6.04 Å². The van der Waals surface area contributed by atoms with Crippen molar-refractivity contribution in [1.29, 1.82) is 0 Å². The van der Waals surface area contributed by atoms with E-state index in [0.717, 1.165) is 18.4 Å². The molecule has 1 saturated heterocycles. The van der Waals surface area contributed by atoms with Crippen LogP contribution in [0.2, 0.25) is 0 Å². The van der Waals surface area contributed by atoms with Gasteiger partial charge in [0.15, 0.2) is 11.5 Å². The fraction of sp³-hybridized carbons (Fsp3) is 0.312. The Bertz CT molecular complexity index is 666. The van der Waals surface area contributed by atoms with Gasteiger partial charge in [0.25, 0.3) is 5.91 Å². The number of carbonyl (C=O) groups is 2. The van der Waals surface area contributed by atoms with Crippen molar-refractivity contribution < 1.29 is 14.1 Å². The second-order valence-corrected chi connectivity index (χ2v) is 5.26. The van der Waals surface area contributed by atoms with Gasteiger partial charge in [-0.05, 0) is 19.3 Å². The van der Waals surface area contributed by atoms with Gasteiger partial charge in [-0.1, -0.05) is 35.5 Å². The lowest BCUT2D eigenvalue weighted by Crippen LogP contribution is -2.45. The van der Waals surface area contributed by atoms with Crippen molar-refractivity contribution in [2.75, 3.05) is 6.54 Å². The van der Waals surface area contributed by atoms with Crippen molar-refractivity contribution in [1.82, 2.24) is 15.8 Å². The lowest BCUT2D eigenvalue weighted by molar-refractivity contribution is -0.122. The summed E-state index contributed by atoms with van der Waals surface area (Å²) in [4.78, 5) is 24.0. The molecule has 0 aliphatic carbocycles. The third kappa shape index (κ3) is 3.16. The predicted octanol–water partition coefficient (Wildman–Crippen LogP) is 1.74. The van der Waals surface area contributed by atoms with Gasteiger partial charge < -0.3 is 15.2 Å². The molecule has 0 radical (unpaired) electrons. The predicted molar refractivity (Wildman–Crippen MR) is 80.1 cm³/mol. The Morgan fingerprint density at radius 2 is 2.09 bits per heavy atom. The van der Waals surface area contributed by atoms with Crippen molar-refractivity contribution >= 4 is 11.8 Å². The standard InChI is InChI=1S/C16H17N3O3/c20-15-12(8-4-5-9-17-15)18-16(21)13-10-14(22-19-13)11-6-2-1-3-7-11/h1-3,6-7,10,12H,4-5,8-9H2,(H,17,20)(H,18,21)/t12-/m1/s1. The molecule has 1 aliphatic heterocycles. The van der Waals surface area contributed by atoms with Crippen LogP contribution in [0.4, 0.5) is 0 Å². The van der Waals surface area contributed by atoms with E-state index in [9.17, 15) is 9.59 Å². The number of carbonyl (C=O) groups excluding carboxylic acids is 2. The molecule has 6 heteroatoms. The molecule has 2 heterocycles. The smallest absolute Gasteiger partial charge is 0.274 e. The highest BCUT2D eigenvalue weighted by Crippen LogP contribution is 2.19. The fourth-order valence-corrected chi connectivity index (χ4v) is 2.43. The first-order chi connectivity index (χ1) is 10.7. The van der Waals surface area contributed by atoms with E-state index in [4.69, 9.17) is 4.52 Å². The lowest BCUT2D eigenvalue weighted by atomic mass is 10.1. The van der Waals surface area contributed by atoms with E-state index in [0.29, 0.717) is 18.7 Å². The highest BCUT2D eigenvalue weighted by atomic mass is 16.5. The molecular formula is C16H17N3O3. The number of nitrogens with one attached hydrogen (secondary N) is 2. The van der Waals surface area contributed by atoms with E-state index in [2.05, 4.69) is 15.8 Å². The largest absolute Gasteiger partial charge is 0.355 e. The summed E-state index contributed by atoms with van der Waals surface area (Å²) in [6.45, 7) is 0.660. The van der Waals surface area contributed by atoms with Crippen LogP contribution in [0.25, 0.3) is 11.3 Å². The molecule has 1 atom stereocenters. The molecule has 0 bridgehead atoms. The van der Waals surface area contributed by atoms with E-state index in [1.807, 2.05) is 30.3 Å². The van der Waals surface area contributed by atoms with E-state index < -0.39 is 11.9 Å². The van der Waals surface area contributed by atoms with Crippen LogP contribution in [0.3, 0.4) is 0 Å². The molecule has 1 aliphatic rings. The number of aromatic nitrogens is 1. The molecule has 114 valence electrons. The summed E-state index contributed by atoms with van der Waals surface area (Å²) in [6.07, 6.45) is 2.47. The zero-order valence-electron chi connectivity index (χ0n) is 12.0. The normalized spacial score (nSPS) is 18.4. The van der Waals surface area contributed by atoms with Crippen molar-refractivity contribution in [3.05, 3.63) is 42.1 Å². The minimum Gasteiger partial charge on any atom is -0.355 e. The van der Waals surface area contributed by atoms with Crippen LogP contribution in [-0.2, 0) is 4.79 Å². The number of amides is 2. The Morgan fingerprint density at radius 1 is 1.27 bits per heavy atom. The minimum absolute atomic E-state index is 0.141. The quantitative estimate of drug-likeness (QED) is 0.904. The molecule has 0 unspecified atom stereocenters. The zero-order valence-corrected chi connectivity index (χ0v) is 12.0. The molecule has 0 spiro atoms. The SMILES string of the molecule is O=C(N[C@@H]1CCCCNC1=O)c1cc(-c2ccccc2)on1. The topological polar surface area (TPSA) is 84.2 Å². The highest BCUT2D eigenvalue weighted by molar-refractivity contribution is 5.96. The summed E-state index contributed by atoms with van der Waals surface area (Å²) in [5.41, 5.74) is 1.03. The minimum atomic E-state index is -0.508. The highest BCUT2D eigenvalue weighted by Gasteiger charge is 2.24. The number of benzene rings is 1. The van der Waals surface area contributed by atoms with Gasteiger partial charge in [-0.3, -0.25) is 9.59 Å². The molecule has 2 N–H and O–H groups in total. The van der Waals surface area contributed by atoms with E-state index >= 15 is 0 Å². The average Bonchev–Trinajstić information content (AvgIpc) is 2.96. The molecular weight excluding hydrogens is 282 g/mol. The summed E-state index contributed by atoms with van der Waals surface area (Å²) < 4.78 is 5.20. The maximum atomic E-state index is 12.2. The molecule has 6 nitrogen and oxygen atoms in total. The molecule has 1 aromatic carbocycles. The molecule has 22 heavy (non-hydrogen) atoms. The van der Waals surface area contributed by atoms with Crippen LogP contribution >= 0.6 is 0 Å². The Balaban J connectivity index is 1.70. The first-order valence-electron chi connectivity index (χ1n) is 7.35. The third-order valence-electron chi connectivity index (χ3n) is 3.64. The molecule has 2 aromatic rings. The molecule has 2 amide bonds. The van der Waals surface area contributed by atoms with Crippen LogP contribution in [-0.4, -0.2) is 29.6 Å². The van der Waals surface area contributed by atoms with Crippen LogP contribution < -0.4 is 10.6 Å². The van der Waals surface area contributed by atoms with Gasteiger partial charge in [0, 0.05) is 18.2 Å². The second-order valence-electron chi connectivity index (χ2n) is 5.26. The molecule has 3 rings (SSSR count). The molecule has 0 saturated carbocycles. The zero-order chi connectivity index (χ0) is 15.4. The van der Waals surface area contributed by atoms with Gasteiger partial charge in [-0.2, -0.15) is 0 Å². The maximum absolute atomic E-state index is 12.2. The number of hydrogen-bond acceptors (Lipinski definition) is 4.